The fraction of sp³-hybridized carbons (Fsp3) is 1.00. The molecule has 0 aromatic carbocycles. The molecule has 0 bridgehead atoms. The quantitative estimate of drug-likeness (QED) is 0.466. The summed E-state index contributed by atoms with van der Waals surface area (Å²) in [5, 5.41) is 0. The van der Waals surface area contributed by atoms with Crippen LogP contribution in [0.15, 0.2) is 0 Å². The molecule has 0 aromatic rings. The summed E-state index contributed by atoms with van der Waals surface area (Å²) in [5.41, 5.74) is 1.89. The third kappa shape index (κ3) is 10.7. The van der Waals surface area contributed by atoms with E-state index in [0.717, 1.165) is 0 Å². The van der Waals surface area contributed by atoms with Crippen molar-refractivity contribution in [1.82, 2.24) is 0 Å². The van der Waals surface area contributed by atoms with E-state index >= 15 is 0 Å². The summed E-state index contributed by atoms with van der Waals surface area (Å²) in [6, 6.07) is 0. The van der Waals surface area contributed by atoms with Crippen LogP contribution in [0.5, 0.6) is 0 Å². The number of hydrogen-bond donors (Lipinski definition) is 0. The molecule has 0 aliphatic heterocycles. The zero-order valence-corrected chi connectivity index (χ0v) is 6.27. The van der Waals surface area contributed by atoms with Gasteiger partial charge in [0.2, 0.25) is 0 Å². The van der Waals surface area contributed by atoms with Gasteiger partial charge in [-0.2, -0.15) is 0 Å². The summed E-state index contributed by atoms with van der Waals surface area (Å²) in [6.07, 6.45) is 0. The van der Waals surface area contributed by atoms with Gasteiger partial charge >= 0.3 is 39.0 Å². The minimum atomic E-state index is -1.53. The third-order valence-corrected chi connectivity index (χ3v) is 0. The molecule has 0 unspecified atom stereocenters. The Bertz CT molecular complexity index is 10.8. The molecule has 0 nitrogen and oxygen atoms in total. The first-order valence-electron chi connectivity index (χ1n) is 1.01. The summed E-state index contributed by atoms with van der Waals surface area (Å²) >= 11 is -1.53. The average Bonchev–Trinajstić information content (AvgIpc) is 0.811. The molecule has 0 fully saturated rings. The van der Waals surface area contributed by atoms with Crippen LogP contribution in [0.1, 0.15) is 0 Å². The van der Waals surface area contributed by atoms with E-state index in [1.54, 1.807) is 0 Å². The monoisotopic (exact) mass is 154 g/mol. The van der Waals surface area contributed by atoms with Crippen LogP contribution in [0.2, 0.25) is 5.48 Å². The number of hydrogen-bond acceptors (Lipinski definition) is 0. The molecular formula is CH3Cl2Ga. The Morgan fingerprint density at radius 2 is 1.50 bits per heavy atom. The van der Waals surface area contributed by atoms with Crippen LogP contribution in [-0.4, -0.2) is 14.2 Å². The normalized spacial score (nSPS) is 6.75. The minimum absolute atomic E-state index is 1.53. The van der Waals surface area contributed by atoms with E-state index in [-0.39, 0.29) is 0 Å². The van der Waals surface area contributed by atoms with Crippen molar-refractivity contribution in [3.63, 3.8) is 0 Å². The van der Waals surface area contributed by atoms with Gasteiger partial charge in [-0.15, -0.1) is 0 Å². The Labute approximate surface area is 39.2 Å². The van der Waals surface area contributed by atoms with Crippen molar-refractivity contribution in [2.24, 2.45) is 0 Å². The molecule has 0 saturated heterocycles. The summed E-state index contributed by atoms with van der Waals surface area (Å²) in [5.74, 6) is 0. The Kier molecular flexibility index (Phi) is 3.20. The first-order valence-corrected chi connectivity index (χ1v) is 9.80. The molecule has 0 heterocycles. The van der Waals surface area contributed by atoms with Gasteiger partial charge in [0.25, 0.3) is 0 Å². The maximum absolute atomic E-state index is 5.23. The van der Waals surface area contributed by atoms with Crippen LogP contribution in [-0.2, 0) is 0 Å². The molecule has 0 aromatic heterocycles. The van der Waals surface area contributed by atoms with E-state index in [4.69, 9.17) is 19.3 Å². The van der Waals surface area contributed by atoms with Crippen LogP contribution in [0.25, 0.3) is 0 Å². The van der Waals surface area contributed by atoms with Crippen LogP contribution >= 0.6 is 19.3 Å². The van der Waals surface area contributed by atoms with Gasteiger partial charge in [-0.3, -0.25) is 0 Å². The van der Waals surface area contributed by atoms with Gasteiger partial charge in [0, 0.05) is 0 Å². The van der Waals surface area contributed by atoms with Gasteiger partial charge < -0.3 is 0 Å². The standard InChI is InChI=1S/CH3.2ClH.Ga/h1H3;2*1H;/q;;;+2/p-2. The third-order valence-electron chi connectivity index (χ3n) is 0. The van der Waals surface area contributed by atoms with Gasteiger partial charge in [0.15, 0.2) is 0 Å². The van der Waals surface area contributed by atoms with E-state index in [1.165, 1.54) is 0 Å². The molecule has 3 heteroatoms. The molecule has 0 saturated carbocycles. The van der Waals surface area contributed by atoms with Gasteiger partial charge in [-0.05, 0) is 0 Å². The van der Waals surface area contributed by atoms with Gasteiger partial charge in [0.05, 0.1) is 0 Å². The van der Waals surface area contributed by atoms with Crippen LogP contribution < -0.4 is 0 Å². The van der Waals surface area contributed by atoms with E-state index in [0.29, 0.717) is 0 Å². The van der Waals surface area contributed by atoms with Crippen molar-refractivity contribution in [2.45, 2.75) is 5.48 Å². The fourth-order valence-electron chi connectivity index (χ4n) is 0. The van der Waals surface area contributed by atoms with E-state index in [2.05, 4.69) is 0 Å². The second kappa shape index (κ2) is 2.45. The summed E-state index contributed by atoms with van der Waals surface area (Å²) < 4.78 is 0. The molecular weight excluding hydrogens is 153 g/mol. The molecule has 0 radical (unpaired) electrons. The Balaban J connectivity index is 2.32. The van der Waals surface area contributed by atoms with Gasteiger partial charge in [-0.1, -0.05) is 0 Å². The zero-order chi connectivity index (χ0) is 3.58. The molecule has 0 rings (SSSR count). The maximum atomic E-state index is 5.23. The molecule has 0 aliphatic rings. The molecule has 0 N–H and O–H groups in total. The summed E-state index contributed by atoms with van der Waals surface area (Å²) in [7, 11) is 10.5. The first kappa shape index (κ1) is 5.22. The van der Waals surface area contributed by atoms with Crippen molar-refractivity contribution in [2.75, 3.05) is 0 Å². The predicted molar refractivity (Wildman–Crippen MR) is 23.3 cm³/mol. The SMILES string of the molecule is [CH3][Ga]([Cl])[Cl]. The second-order valence-corrected chi connectivity index (χ2v) is 10.7. The van der Waals surface area contributed by atoms with Crippen molar-refractivity contribution in [3.8, 4) is 0 Å². The van der Waals surface area contributed by atoms with Crippen LogP contribution in [0, 0.1) is 0 Å². The van der Waals surface area contributed by atoms with Crippen molar-refractivity contribution < 1.29 is 0 Å². The predicted octanol–water partition coefficient (Wildman–Crippen LogP) is 1.58. The summed E-state index contributed by atoms with van der Waals surface area (Å²) in [6.45, 7) is 0. The Morgan fingerprint density at radius 1 is 1.50 bits per heavy atom. The van der Waals surface area contributed by atoms with Crippen molar-refractivity contribution in [3.05, 3.63) is 0 Å². The van der Waals surface area contributed by atoms with Crippen LogP contribution in [0.3, 0.4) is 0 Å². The summed E-state index contributed by atoms with van der Waals surface area (Å²) in [4.78, 5) is 0. The number of halogens is 2. The molecule has 24 valence electrons. The van der Waals surface area contributed by atoms with Gasteiger partial charge in [-0.25, -0.2) is 0 Å². The molecule has 4 heavy (non-hydrogen) atoms. The van der Waals surface area contributed by atoms with E-state index in [9.17, 15) is 0 Å². The topological polar surface area (TPSA) is 0 Å². The van der Waals surface area contributed by atoms with Crippen molar-refractivity contribution in [1.29, 1.82) is 0 Å². The van der Waals surface area contributed by atoms with Crippen molar-refractivity contribution >= 4 is 33.5 Å². The van der Waals surface area contributed by atoms with Gasteiger partial charge in [0.1, 0.15) is 0 Å². The Hall–Kier alpha value is 1.22. The molecule has 0 atom stereocenters. The Morgan fingerprint density at radius 3 is 1.50 bits per heavy atom. The zero-order valence-electron chi connectivity index (χ0n) is 2.33. The van der Waals surface area contributed by atoms with Crippen LogP contribution in [0.4, 0.5) is 0 Å². The molecule has 0 spiro atoms. The molecule has 0 amide bonds. The molecule has 0 aliphatic carbocycles. The van der Waals surface area contributed by atoms with E-state index < -0.39 is 14.2 Å². The van der Waals surface area contributed by atoms with E-state index in [1.807, 2.05) is 5.48 Å². The average molecular weight is 156 g/mol. The first-order chi connectivity index (χ1) is 1.73. The second-order valence-electron chi connectivity index (χ2n) is 0.519. The number of rotatable bonds is 0. The fourth-order valence-corrected chi connectivity index (χ4v) is 0.